The van der Waals surface area contributed by atoms with E-state index in [1.54, 1.807) is 0 Å². The van der Waals surface area contributed by atoms with Gasteiger partial charge in [-0.3, -0.25) is 0 Å². The maximum Gasteiger partial charge on any atom is 0.169 e. The number of aromatic nitrogens is 2. The Labute approximate surface area is 155 Å². The van der Waals surface area contributed by atoms with Crippen LogP contribution in [0.3, 0.4) is 0 Å². The molecule has 140 valence electrons. The molecule has 2 heterocycles. The minimum Gasteiger partial charge on any atom is -0.393 e. The summed E-state index contributed by atoms with van der Waals surface area (Å²) in [6.07, 6.45) is 5.08. The molecule has 0 spiro atoms. The van der Waals surface area contributed by atoms with Gasteiger partial charge in [0.25, 0.3) is 0 Å². The first-order chi connectivity index (χ1) is 12.7. The molecule has 0 atom stereocenters. The largest absolute Gasteiger partial charge is 0.393 e. The van der Waals surface area contributed by atoms with Crippen LogP contribution < -0.4 is 16.5 Å². The standard InChI is InChI=1S/C19H29N7/c1-3-4-5-15-6-8-16(9-7-15)23-18-17(20)19(22-14-21-18)24-26-12-10-25(2)11-13-26/h6-9,14H,3-5,10-13,20H2,1-2H3,(H2,21,22,23,24). The van der Waals surface area contributed by atoms with Crippen LogP contribution in [0.15, 0.2) is 30.6 Å². The molecule has 0 saturated carbocycles. The third-order valence-electron chi connectivity index (χ3n) is 4.69. The van der Waals surface area contributed by atoms with Crippen molar-refractivity contribution in [1.29, 1.82) is 0 Å². The third-order valence-corrected chi connectivity index (χ3v) is 4.69. The highest BCUT2D eigenvalue weighted by Gasteiger charge is 2.16. The van der Waals surface area contributed by atoms with Gasteiger partial charge in [0.2, 0.25) is 0 Å². The van der Waals surface area contributed by atoms with Gasteiger partial charge in [0, 0.05) is 31.9 Å². The van der Waals surface area contributed by atoms with E-state index in [0.29, 0.717) is 17.3 Å². The molecule has 3 rings (SSSR count). The van der Waals surface area contributed by atoms with Gasteiger partial charge < -0.3 is 21.4 Å². The number of piperazine rings is 1. The third kappa shape index (κ3) is 4.83. The summed E-state index contributed by atoms with van der Waals surface area (Å²) in [5.41, 5.74) is 12.5. The van der Waals surface area contributed by atoms with Gasteiger partial charge in [0.05, 0.1) is 0 Å². The van der Waals surface area contributed by atoms with Crippen molar-refractivity contribution in [2.45, 2.75) is 26.2 Å². The summed E-state index contributed by atoms with van der Waals surface area (Å²) in [6, 6.07) is 8.44. The van der Waals surface area contributed by atoms with E-state index in [0.717, 1.165) is 38.3 Å². The van der Waals surface area contributed by atoms with Crippen molar-refractivity contribution in [3.63, 3.8) is 0 Å². The second kappa shape index (κ2) is 8.82. The summed E-state index contributed by atoms with van der Waals surface area (Å²) in [6.45, 7) is 6.12. The number of unbranched alkanes of at least 4 members (excludes halogenated alkanes) is 1. The monoisotopic (exact) mass is 355 g/mol. The maximum atomic E-state index is 6.28. The van der Waals surface area contributed by atoms with Crippen LogP contribution in [-0.4, -0.2) is 53.1 Å². The lowest BCUT2D eigenvalue weighted by atomic mass is 10.1. The predicted octanol–water partition coefficient (Wildman–Crippen LogP) is 2.72. The molecule has 1 aliphatic heterocycles. The van der Waals surface area contributed by atoms with Gasteiger partial charge >= 0.3 is 0 Å². The van der Waals surface area contributed by atoms with Crippen LogP contribution in [-0.2, 0) is 6.42 Å². The maximum absolute atomic E-state index is 6.28. The first-order valence-corrected chi connectivity index (χ1v) is 9.32. The number of aryl methyl sites for hydroxylation is 1. The van der Waals surface area contributed by atoms with E-state index in [4.69, 9.17) is 5.73 Å². The highest BCUT2D eigenvalue weighted by atomic mass is 15.5. The van der Waals surface area contributed by atoms with Gasteiger partial charge in [-0.1, -0.05) is 25.5 Å². The van der Waals surface area contributed by atoms with E-state index < -0.39 is 0 Å². The Morgan fingerprint density at radius 3 is 2.42 bits per heavy atom. The molecule has 0 unspecified atom stereocenters. The molecule has 1 saturated heterocycles. The zero-order chi connectivity index (χ0) is 18.4. The molecular formula is C19H29N7. The van der Waals surface area contributed by atoms with Crippen molar-refractivity contribution in [1.82, 2.24) is 19.9 Å². The van der Waals surface area contributed by atoms with E-state index >= 15 is 0 Å². The number of rotatable bonds is 7. The summed E-state index contributed by atoms with van der Waals surface area (Å²) < 4.78 is 0. The fraction of sp³-hybridized carbons (Fsp3) is 0.474. The molecule has 1 aliphatic rings. The van der Waals surface area contributed by atoms with Gasteiger partial charge in [-0.25, -0.2) is 15.0 Å². The number of nitrogens with two attached hydrogens (primary N) is 1. The first kappa shape index (κ1) is 18.4. The van der Waals surface area contributed by atoms with Crippen molar-refractivity contribution in [2.75, 3.05) is 49.7 Å². The minimum atomic E-state index is 0.529. The quantitative estimate of drug-likeness (QED) is 0.704. The number of hydrogen-bond donors (Lipinski definition) is 3. The Kier molecular flexibility index (Phi) is 6.25. The average Bonchev–Trinajstić information content (AvgIpc) is 2.66. The van der Waals surface area contributed by atoms with Crippen LogP contribution in [0.4, 0.5) is 23.0 Å². The molecule has 0 radical (unpaired) electrons. The minimum absolute atomic E-state index is 0.529. The Morgan fingerprint density at radius 1 is 1.04 bits per heavy atom. The highest BCUT2D eigenvalue weighted by Crippen LogP contribution is 2.26. The zero-order valence-electron chi connectivity index (χ0n) is 15.7. The molecule has 1 aromatic carbocycles. The molecular weight excluding hydrogens is 326 g/mol. The van der Waals surface area contributed by atoms with Gasteiger partial charge in [0.15, 0.2) is 11.6 Å². The summed E-state index contributed by atoms with van der Waals surface area (Å²) in [4.78, 5) is 10.9. The number of anilines is 4. The van der Waals surface area contributed by atoms with E-state index in [1.807, 2.05) is 0 Å². The number of benzene rings is 1. The lowest BCUT2D eigenvalue weighted by molar-refractivity contribution is 0.178. The van der Waals surface area contributed by atoms with Crippen LogP contribution >= 0.6 is 0 Å². The van der Waals surface area contributed by atoms with E-state index in [2.05, 4.69) is 68.9 Å². The lowest BCUT2D eigenvalue weighted by Crippen LogP contribution is -2.47. The van der Waals surface area contributed by atoms with E-state index in [9.17, 15) is 0 Å². The number of likely N-dealkylation sites (N-methyl/N-ethyl adjacent to an activating group) is 1. The fourth-order valence-corrected chi connectivity index (χ4v) is 2.92. The molecule has 7 nitrogen and oxygen atoms in total. The van der Waals surface area contributed by atoms with Gasteiger partial charge in [-0.15, -0.1) is 0 Å². The number of hydrazine groups is 1. The number of nitrogens with zero attached hydrogens (tertiary/aromatic N) is 4. The molecule has 7 heteroatoms. The van der Waals surface area contributed by atoms with Crippen LogP contribution in [0.1, 0.15) is 25.3 Å². The van der Waals surface area contributed by atoms with Crippen LogP contribution in [0.2, 0.25) is 0 Å². The fourth-order valence-electron chi connectivity index (χ4n) is 2.92. The summed E-state index contributed by atoms with van der Waals surface area (Å²) >= 11 is 0. The molecule has 0 amide bonds. The Balaban J connectivity index is 1.65. The smallest absolute Gasteiger partial charge is 0.169 e. The molecule has 0 aliphatic carbocycles. The van der Waals surface area contributed by atoms with Crippen molar-refractivity contribution >= 4 is 23.0 Å². The number of hydrogen-bond acceptors (Lipinski definition) is 7. The van der Waals surface area contributed by atoms with Crippen molar-refractivity contribution in [3.05, 3.63) is 36.2 Å². The number of nitrogens with one attached hydrogen (secondary N) is 2. The summed E-state index contributed by atoms with van der Waals surface area (Å²) in [5.74, 6) is 1.27. The normalized spacial score (nSPS) is 15.8. The van der Waals surface area contributed by atoms with Gasteiger partial charge in [0.1, 0.15) is 12.0 Å². The SMILES string of the molecule is CCCCc1ccc(Nc2ncnc(NN3CCN(C)CC3)c2N)cc1. The molecule has 26 heavy (non-hydrogen) atoms. The van der Waals surface area contributed by atoms with Crippen molar-refractivity contribution < 1.29 is 0 Å². The van der Waals surface area contributed by atoms with E-state index in [-0.39, 0.29) is 0 Å². The van der Waals surface area contributed by atoms with Crippen LogP contribution in [0.5, 0.6) is 0 Å². The summed E-state index contributed by atoms with van der Waals surface area (Å²) in [7, 11) is 2.13. The van der Waals surface area contributed by atoms with Gasteiger partial charge in [-0.05, 0) is 37.6 Å². The van der Waals surface area contributed by atoms with Crippen molar-refractivity contribution in [3.8, 4) is 0 Å². The zero-order valence-corrected chi connectivity index (χ0v) is 15.7. The Bertz CT molecular complexity index is 694. The second-order valence-electron chi connectivity index (χ2n) is 6.81. The molecule has 1 fully saturated rings. The summed E-state index contributed by atoms with van der Waals surface area (Å²) in [5, 5.41) is 5.44. The van der Waals surface area contributed by atoms with Crippen molar-refractivity contribution in [2.24, 2.45) is 0 Å². The van der Waals surface area contributed by atoms with Gasteiger partial charge in [-0.2, -0.15) is 0 Å². The average molecular weight is 355 g/mol. The molecule has 1 aromatic heterocycles. The predicted molar refractivity (Wildman–Crippen MR) is 107 cm³/mol. The highest BCUT2D eigenvalue weighted by molar-refractivity contribution is 5.77. The van der Waals surface area contributed by atoms with E-state index in [1.165, 1.54) is 24.7 Å². The molecule has 4 N–H and O–H groups in total. The van der Waals surface area contributed by atoms with Crippen LogP contribution in [0.25, 0.3) is 0 Å². The Hall–Kier alpha value is -2.38. The van der Waals surface area contributed by atoms with Crippen LogP contribution in [0, 0.1) is 0 Å². The lowest BCUT2D eigenvalue weighted by Gasteiger charge is -2.32. The number of nitrogen functional groups attached to an aromatic ring is 1. The molecule has 2 aromatic rings. The molecule has 0 bridgehead atoms. The topological polar surface area (TPSA) is 82.3 Å². The second-order valence-corrected chi connectivity index (χ2v) is 6.81. The Morgan fingerprint density at radius 2 is 1.73 bits per heavy atom. The first-order valence-electron chi connectivity index (χ1n) is 9.32.